The van der Waals surface area contributed by atoms with Gasteiger partial charge in [-0.25, -0.2) is 4.98 Å². The lowest BCUT2D eigenvalue weighted by molar-refractivity contribution is 0.0625. The van der Waals surface area contributed by atoms with Gasteiger partial charge < -0.3 is 14.0 Å². The fourth-order valence-corrected chi connectivity index (χ4v) is 3.14. The molecule has 0 aromatic carbocycles. The summed E-state index contributed by atoms with van der Waals surface area (Å²) >= 11 is 0. The summed E-state index contributed by atoms with van der Waals surface area (Å²) in [5.74, 6) is 1.39. The zero-order chi connectivity index (χ0) is 16.7. The number of nitrogens with zero attached hydrogens (tertiary/aromatic N) is 6. The molecule has 24 heavy (non-hydrogen) atoms. The molecule has 1 aliphatic heterocycles. The van der Waals surface area contributed by atoms with Crippen LogP contribution < -0.4 is 0 Å². The quantitative estimate of drug-likeness (QED) is 0.731. The molecule has 0 fully saturated rings. The number of imidazole rings is 1. The van der Waals surface area contributed by atoms with Crippen molar-refractivity contribution in [3.63, 3.8) is 0 Å². The second kappa shape index (κ2) is 5.63. The van der Waals surface area contributed by atoms with E-state index < -0.39 is 0 Å². The first kappa shape index (κ1) is 14.7. The monoisotopic (exact) mass is 326 g/mol. The highest BCUT2D eigenvalue weighted by atomic mass is 16.5. The van der Waals surface area contributed by atoms with Gasteiger partial charge in [0.15, 0.2) is 5.69 Å². The SMILES string of the molecule is Cc1cc(C(=O)N2CCn3c(Cn4cccn4)cnc3[C@H]2C)no1. The van der Waals surface area contributed by atoms with E-state index in [1.54, 1.807) is 24.1 Å². The van der Waals surface area contributed by atoms with Crippen molar-refractivity contribution in [1.82, 2.24) is 29.4 Å². The van der Waals surface area contributed by atoms with Gasteiger partial charge in [-0.15, -0.1) is 0 Å². The standard InChI is InChI=1S/C16H18N6O2/c1-11-8-14(19-24-11)16(23)21-6-7-22-13(9-17-15(22)12(21)2)10-20-5-3-4-18-20/h3-5,8-9,12H,6-7,10H2,1-2H3/t12-/m1/s1. The third-order valence-electron chi connectivity index (χ3n) is 4.37. The summed E-state index contributed by atoms with van der Waals surface area (Å²) in [6.07, 6.45) is 5.55. The predicted octanol–water partition coefficient (Wildman–Crippen LogP) is 1.64. The first-order valence-corrected chi connectivity index (χ1v) is 7.89. The first-order chi connectivity index (χ1) is 11.6. The number of hydrogen-bond donors (Lipinski definition) is 0. The highest BCUT2D eigenvalue weighted by Gasteiger charge is 2.32. The van der Waals surface area contributed by atoms with E-state index in [2.05, 4.69) is 19.8 Å². The molecule has 1 amide bonds. The highest BCUT2D eigenvalue weighted by molar-refractivity contribution is 5.92. The van der Waals surface area contributed by atoms with Crippen LogP contribution in [0.1, 0.15) is 40.7 Å². The smallest absolute Gasteiger partial charge is 0.276 e. The summed E-state index contributed by atoms with van der Waals surface area (Å²) in [6.45, 7) is 5.75. The van der Waals surface area contributed by atoms with E-state index in [1.807, 2.05) is 30.1 Å². The lowest BCUT2D eigenvalue weighted by Crippen LogP contribution is -2.41. The summed E-state index contributed by atoms with van der Waals surface area (Å²) in [7, 11) is 0. The van der Waals surface area contributed by atoms with E-state index in [0.29, 0.717) is 31.1 Å². The molecule has 0 spiro atoms. The maximum absolute atomic E-state index is 12.6. The summed E-state index contributed by atoms with van der Waals surface area (Å²) in [5.41, 5.74) is 1.43. The number of carbonyl (C=O) groups is 1. The second-order valence-corrected chi connectivity index (χ2v) is 5.96. The van der Waals surface area contributed by atoms with Crippen molar-refractivity contribution in [2.45, 2.75) is 33.0 Å². The van der Waals surface area contributed by atoms with Crippen molar-refractivity contribution in [2.75, 3.05) is 6.54 Å². The highest BCUT2D eigenvalue weighted by Crippen LogP contribution is 2.27. The molecule has 1 aliphatic rings. The topological polar surface area (TPSA) is 82.0 Å². The maximum atomic E-state index is 12.6. The fraction of sp³-hybridized carbons (Fsp3) is 0.375. The summed E-state index contributed by atoms with van der Waals surface area (Å²) in [5, 5.41) is 8.07. The third kappa shape index (κ3) is 2.40. The number of carbonyl (C=O) groups excluding carboxylic acids is 1. The Bertz CT molecular complexity index is 863. The number of amides is 1. The van der Waals surface area contributed by atoms with Gasteiger partial charge in [0.1, 0.15) is 11.6 Å². The van der Waals surface area contributed by atoms with Crippen LogP contribution in [-0.4, -0.2) is 41.8 Å². The van der Waals surface area contributed by atoms with Crippen LogP contribution in [-0.2, 0) is 13.1 Å². The van der Waals surface area contributed by atoms with Crippen LogP contribution in [0.4, 0.5) is 0 Å². The molecule has 0 saturated carbocycles. The Morgan fingerprint density at radius 1 is 1.42 bits per heavy atom. The zero-order valence-electron chi connectivity index (χ0n) is 13.6. The molecule has 8 heteroatoms. The van der Waals surface area contributed by atoms with Crippen molar-refractivity contribution in [1.29, 1.82) is 0 Å². The minimum atomic E-state index is -0.123. The van der Waals surface area contributed by atoms with Crippen LogP contribution in [0.3, 0.4) is 0 Å². The van der Waals surface area contributed by atoms with Gasteiger partial charge in [0.2, 0.25) is 0 Å². The molecule has 3 aromatic heterocycles. The average molecular weight is 326 g/mol. The molecule has 0 N–H and O–H groups in total. The van der Waals surface area contributed by atoms with Crippen molar-refractivity contribution in [2.24, 2.45) is 0 Å². The van der Waals surface area contributed by atoms with Crippen LogP contribution in [0.25, 0.3) is 0 Å². The lowest BCUT2D eigenvalue weighted by Gasteiger charge is -2.33. The van der Waals surface area contributed by atoms with Gasteiger partial charge in [-0.1, -0.05) is 5.16 Å². The van der Waals surface area contributed by atoms with E-state index in [4.69, 9.17) is 4.52 Å². The second-order valence-electron chi connectivity index (χ2n) is 5.96. The maximum Gasteiger partial charge on any atom is 0.276 e. The third-order valence-corrected chi connectivity index (χ3v) is 4.37. The molecule has 4 heterocycles. The molecule has 3 aromatic rings. The number of fused-ring (bicyclic) bond motifs is 1. The number of rotatable bonds is 3. The fourth-order valence-electron chi connectivity index (χ4n) is 3.14. The average Bonchev–Trinajstić information content (AvgIpc) is 3.30. The minimum absolute atomic E-state index is 0.116. The van der Waals surface area contributed by atoms with Crippen LogP contribution >= 0.6 is 0 Å². The van der Waals surface area contributed by atoms with Crippen molar-refractivity contribution in [3.05, 3.63) is 53.7 Å². The Morgan fingerprint density at radius 3 is 3.00 bits per heavy atom. The molecule has 124 valence electrons. The number of aryl methyl sites for hydroxylation is 1. The molecular formula is C16H18N6O2. The van der Waals surface area contributed by atoms with Crippen LogP contribution in [0.2, 0.25) is 0 Å². The van der Waals surface area contributed by atoms with E-state index in [-0.39, 0.29) is 11.9 Å². The molecular weight excluding hydrogens is 308 g/mol. The Labute approximate surface area is 138 Å². The predicted molar refractivity (Wildman–Crippen MR) is 84.2 cm³/mol. The molecule has 8 nitrogen and oxygen atoms in total. The van der Waals surface area contributed by atoms with Gasteiger partial charge in [0.25, 0.3) is 5.91 Å². The zero-order valence-corrected chi connectivity index (χ0v) is 13.6. The molecule has 0 aliphatic carbocycles. The molecule has 4 rings (SSSR count). The summed E-state index contributed by atoms with van der Waals surface area (Å²) < 4.78 is 9.05. The Hall–Kier alpha value is -2.90. The van der Waals surface area contributed by atoms with Crippen LogP contribution in [0, 0.1) is 6.92 Å². The number of hydrogen-bond acceptors (Lipinski definition) is 5. The van der Waals surface area contributed by atoms with E-state index in [0.717, 1.165) is 11.5 Å². The van der Waals surface area contributed by atoms with Gasteiger partial charge in [0.05, 0.1) is 24.5 Å². The van der Waals surface area contributed by atoms with Gasteiger partial charge in [0, 0.05) is 31.5 Å². The van der Waals surface area contributed by atoms with Gasteiger partial charge >= 0.3 is 0 Å². The Morgan fingerprint density at radius 2 is 2.29 bits per heavy atom. The van der Waals surface area contributed by atoms with Gasteiger partial charge in [-0.3, -0.25) is 9.48 Å². The minimum Gasteiger partial charge on any atom is -0.361 e. The Balaban J connectivity index is 1.58. The van der Waals surface area contributed by atoms with Crippen molar-refractivity contribution >= 4 is 5.91 Å². The molecule has 0 unspecified atom stereocenters. The van der Waals surface area contributed by atoms with Crippen LogP contribution in [0.5, 0.6) is 0 Å². The lowest BCUT2D eigenvalue weighted by atomic mass is 10.2. The molecule has 0 saturated heterocycles. The van der Waals surface area contributed by atoms with E-state index in [1.165, 1.54) is 0 Å². The van der Waals surface area contributed by atoms with E-state index >= 15 is 0 Å². The molecule has 0 bridgehead atoms. The molecule has 1 atom stereocenters. The van der Waals surface area contributed by atoms with Gasteiger partial charge in [-0.2, -0.15) is 5.10 Å². The van der Waals surface area contributed by atoms with Crippen molar-refractivity contribution in [3.8, 4) is 0 Å². The normalized spacial score (nSPS) is 17.1. The number of aromatic nitrogens is 5. The largest absolute Gasteiger partial charge is 0.361 e. The summed E-state index contributed by atoms with van der Waals surface area (Å²) in [4.78, 5) is 19.0. The first-order valence-electron chi connectivity index (χ1n) is 7.89. The van der Waals surface area contributed by atoms with E-state index in [9.17, 15) is 4.79 Å². The van der Waals surface area contributed by atoms with Crippen molar-refractivity contribution < 1.29 is 9.32 Å². The van der Waals surface area contributed by atoms with Gasteiger partial charge in [-0.05, 0) is 19.9 Å². The molecule has 0 radical (unpaired) electrons. The van der Waals surface area contributed by atoms with Crippen LogP contribution in [0.15, 0.2) is 35.2 Å². The summed E-state index contributed by atoms with van der Waals surface area (Å²) in [6, 6.07) is 3.45. The Kier molecular flexibility index (Phi) is 3.44.